The zero-order valence-corrected chi connectivity index (χ0v) is 18.4. The van der Waals surface area contributed by atoms with Crippen molar-refractivity contribution in [1.82, 2.24) is 9.78 Å². The lowest BCUT2D eigenvalue weighted by molar-refractivity contribution is -0.143. The molecule has 0 unspecified atom stereocenters. The average molecular weight is 493 g/mol. The molecule has 3 rings (SSSR count). The molecule has 0 bridgehead atoms. The third-order valence-electron chi connectivity index (χ3n) is 4.51. The summed E-state index contributed by atoms with van der Waals surface area (Å²) in [5.41, 5.74) is -0.932. The van der Waals surface area contributed by atoms with E-state index in [4.69, 9.17) is 28.3 Å². The fraction of sp³-hybridized carbons (Fsp3) is 0.250. The molecule has 0 aliphatic heterocycles. The van der Waals surface area contributed by atoms with E-state index in [0.29, 0.717) is 0 Å². The Labute approximate surface area is 187 Å². The average Bonchev–Trinajstić information content (AvgIpc) is 3.05. The SMILES string of the molecule is CS(=O)(=O)c1ccc(-c2nn(CCCO)c(C(F)(F)F)c2-c2ccc(Cl)cc2Cl)cc1. The van der Waals surface area contributed by atoms with Crippen molar-refractivity contribution < 1.29 is 26.7 Å². The molecule has 0 saturated heterocycles. The minimum absolute atomic E-state index is 0.00807. The van der Waals surface area contributed by atoms with Crippen molar-refractivity contribution in [2.75, 3.05) is 12.9 Å². The van der Waals surface area contributed by atoms with Crippen LogP contribution in [-0.4, -0.2) is 36.2 Å². The molecule has 1 heterocycles. The zero-order valence-electron chi connectivity index (χ0n) is 16.1. The van der Waals surface area contributed by atoms with Crippen LogP contribution in [0.15, 0.2) is 47.4 Å². The molecule has 2 aromatic carbocycles. The highest BCUT2D eigenvalue weighted by Gasteiger charge is 2.41. The van der Waals surface area contributed by atoms with Crippen LogP contribution in [0.25, 0.3) is 22.4 Å². The van der Waals surface area contributed by atoms with Crippen molar-refractivity contribution in [3.63, 3.8) is 0 Å². The monoisotopic (exact) mass is 492 g/mol. The molecule has 3 aromatic rings. The molecule has 0 atom stereocenters. The maximum atomic E-state index is 14.1. The van der Waals surface area contributed by atoms with E-state index in [1.807, 2.05) is 0 Å². The number of aliphatic hydroxyl groups is 1. The molecule has 0 spiro atoms. The molecule has 0 aliphatic carbocycles. The summed E-state index contributed by atoms with van der Waals surface area (Å²) in [5, 5.41) is 13.5. The van der Waals surface area contributed by atoms with Crippen molar-refractivity contribution in [2.24, 2.45) is 0 Å². The van der Waals surface area contributed by atoms with Gasteiger partial charge in [-0.25, -0.2) is 8.42 Å². The Hall–Kier alpha value is -2.07. The number of benzene rings is 2. The van der Waals surface area contributed by atoms with Gasteiger partial charge in [0.1, 0.15) is 5.69 Å². The molecular weight excluding hydrogens is 476 g/mol. The fourth-order valence-electron chi connectivity index (χ4n) is 3.14. The smallest absolute Gasteiger partial charge is 0.396 e. The molecule has 0 aliphatic rings. The molecule has 0 radical (unpaired) electrons. The Morgan fingerprint density at radius 3 is 2.26 bits per heavy atom. The second kappa shape index (κ2) is 8.82. The quantitative estimate of drug-likeness (QED) is 0.504. The Kier molecular flexibility index (Phi) is 6.71. The summed E-state index contributed by atoms with van der Waals surface area (Å²) in [6, 6.07) is 9.52. The first-order chi connectivity index (χ1) is 14.4. The molecule has 166 valence electrons. The van der Waals surface area contributed by atoms with Crippen LogP contribution in [0.3, 0.4) is 0 Å². The normalized spacial score (nSPS) is 12.4. The predicted octanol–water partition coefficient (Wildman–Crippen LogP) is 5.33. The largest absolute Gasteiger partial charge is 0.433 e. The summed E-state index contributed by atoms with van der Waals surface area (Å²) in [5.74, 6) is 0. The van der Waals surface area contributed by atoms with Crippen molar-refractivity contribution in [3.8, 4) is 22.4 Å². The van der Waals surface area contributed by atoms with Crippen LogP contribution in [-0.2, 0) is 22.6 Å². The highest BCUT2D eigenvalue weighted by atomic mass is 35.5. The van der Waals surface area contributed by atoms with E-state index in [2.05, 4.69) is 5.10 Å². The van der Waals surface area contributed by atoms with Crippen LogP contribution in [0.5, 0.6) is 0 Å². The first-order valence-electron chi connectivity index (χ1n) is 8.98. The Morgan fingerprint density at radius 2 is 1.74 bits per heavy atom. The number of hydrogen-bond donors (Lipinski definition) is 1. The number of sulfone groups is 1. The van der Waals surface area contributed by atoms with Gasteiger partial charge in [-0.15, -0.1) is 0 Å². The first-order valence-corrected chi connectivity index (χ1v) is 11.6. The molecule has 0 fully saturated rings. The minimum Gasteiger partial charge on any atom is -0.396 e. The summed E-state index contributed by atoms with van der Waals surface area (Å²) in [6.07, 6.45) is -3.68. The van der Waals surface area contributed by atoms with E-state index in [0.717, 1.165) is 10.9 Å². The van der Waals surface area contributed by atoms with Gasteiger partial charge in [-0.05, 0) is 30.7 Å². The molecule has 0 saturated carbocycles. The highest BCUT2D eigenvalue weighted by Crippen LogP contribution is 2.45. The van der Waals surface area contributed by atoms with E-state index < -0.39 is 21.7 Å². The molecule has 11 heteroatoms. The lowest BCUT2D eigenvalue weighted by atomic mass is 9.98. The number of halogens is 5. The van der Waals surface area contributed by atoms with Crippen molar-refractivity contribution in [3.05, 3.63) is 58.2 Å². The van der Waals surface area contributed by atoms with Gasteiger partial charge in [0, 0.05) is 41.1 Å². The molecule has 5 nitrogen and oxygen atoms in total. The number of aromatic nitrogens is 2. The van der Waals surface area contributed by atoms with E-state index in [9.17, 15) is 21.6 Å². The topological polar surface area (TPSA) is 72.2 Å². The van der Waals surface area contributed by atoms with Crippen molar-refractivity contribution in [1.29, 1.82) is 0 Å². The number of nitrogens with zero attached hydrogens (tertiary/aromatic N) is 2. The summed E-state index contributed by atoms with van der Waals surface area (Å²) < 4.78 is 66.6. The van der Waals surface area contributed by atoms with Crippen molar-refractivity contribution >= 4 is 33.0 Å². The number of rotatable bonds is 6. The summed E-state index contributed by atoms with van der Waals surface area (Å²) in [7, 11) is -3.48. The van der Waals surface area contributed by atoms with Gasteiger partial charge in [0.25, 0.3) is 0 Å². The van der Waals surface area contributed by atoms with Gasteiger partial charge in [-0.3, -0.25) is 4.68 Å². The van der Waals surface area contributed by atoms with Crippen molar-refractivity contribution in [2.45, 2.75) is 24.0 Å². The Bertz CT molecular complexity index is 1210. The van der Waals surface area contributed by atoms with E-state index in [-0.39, 0.29) is 56.9 Å². The fourth-order valence-corrected chi connectivity index (χ4v) is 4.28. The lowest BCUT2D eigenvalue weighted by Crippen LogP contribution is -2.16. The van der Waals surface area contributed by atoms with Gasteiger partial charge < -0.3 is 5.11 Å². The van der Waals surface area contributed by atoms with E-state index in [1.54, 1.807) is 0 Å². The number of aliphatic hydroxyl groups excluding tert-OH is 1. The number of aryl methyl sites for hydroxylation is 1. The minimum atomic E-state index is -4.77. The zero-order chi connectivity index (χ0) is 23.0. The van der Waals surface area contributed by atoms with E-state index in [1.165, 1.54) is 42.5 Å². The van der Waals surface area contributed by atoms with Crippen LogP contribution < -0.4 is 0 Å². The van der Waals surface area contributed by atoms with Gasteiger partial charge in [0.05, 0.1) is 9.92 Å². The summed E-state index contributed by atoms with van der Waals surface area (Å²) in [4.78, 5) is 0.0260. The molecule has 0 amide bonds. The van der Waals surface area contributed by atoms with Gasteiger partial charge in [0.2, 0.25) is 0 Å². The van der Waals surface area contributed by atoms with Gasteiger partial charge in [-0.2, -0.15) is 18.3 Å². The lowest BCUT2D eigenvalue weighted by Gasteiger charge is -2.14. The van der Waals surface area contributed by atoms with E-state index >= 15 is 0 Å². The molecule has 1 N–H and O–H groups in total. The predicted molar refractivity (Wildman–Crippen MR) is 113 cm³/mol. The maximum Gasteiger partial charge on any atom is 0.433 e. The molecule has 31 heavy (non-hydrogen) atoms. The van der Waals surface area contributed by atoms with Crippen LogP contribution in [0, 0.1) is 0 Å². The third-order valence-corrected chi connectivity index (χ3v) is 6.18. The van der Waals surface area contributed by atoms with Crippen LogP contribution in [0.1, 0.15) is 12.1 Å². The van der Waals surface area contributed by atoms with Gasteiger partial charge in [0.15, 0.2) is 15.5 Å². The number of hydrogen-bond acceptors (Lipinski definition) is 4. The molecule has 1 aromatic heterocycles. The second-order valence-corrected chi connectivity index (χ2v) is 9.65. The van der Waals surface area contributed by atoms with Gasteiger partial charge >= 0.3 is 6.18 Å². The Balaban J connectivity index is 2.33. The van der Waals surface area contributed by atoms with Crippen LogP contribution in [0.4, 0.5) is 13.2 Å². The summed E-state index contributed by atoms with van der Waals surface area (Å²) >= 11 is 12.1. The van der Waals surface area contributed by atoms with Crippen LogP contribution in [0.2, 0.25) is 10.0 Å². The molecular formula is C20H17Cl2F3N2O3S. The number of alkyl halides is 3. The summed E-state index contributed by atoms with van der Waals surface area (Å²) in [6.45, 7) is -0.489. The Morgan fingerprint density at radius 1 is 1.10 bits per heavy atom. The standard InChI is InChI=1S/C20H17Cl2F3N2O3S/c1-31(29,30)14-6-3-12(4-7-14)18-17(15-8-5-13(21)11-16(15)22)19(20(23,24)25)27(26-18)9-2-10-28/h3-8,11,28H,2,9-10H2,1H3. The first kappa shape index (κ1) is 23.6. The second-order valence-electron chi connectivity index (χ2n) is 6.79. The van der Waals surface area contributed by atoms with Gasteiger partial charge in [-0.1, -0.05) is 41.4 Å². The third kappa shape index (κ3) is 5.06. The maximum absolute atomic E-state index is 14.1. The highest BCUT2D eigenvalue weighted by molar-refractivity contribution is 7.90. The van der Waals surface area contributed by atoms with Crippen LogP contribution >= 0.6 is 23.2 Å².